The molecule has 27 heavy (non-hydrogen) atoms. The minimum Gasteiger partial charge on any atom is -0.356 e. The van der Waals surface area contributed by atoms with Crippen molar-refractivity contribution in [1.29, 1.82) is 0 Å². The molecule has 0 radical (unpaired) electrons. The van der Waals surface area contributed by atoms with Crippen molar-refractivity contribution in [3.05, 3.63) is 22.4 Å². The SMILES string of the molecule is CCS(=O)(=O)N(C)CCCNC(=NC)NCC1(c2cccs2)CCCCC1. The Balaban J connectivity index is 1.82. The van der Waals surface area contributed by atoms with Crippen molar-refractivity contribution >= 4 is 27.3 Å². The summed E-state index contributed by atoms with van der Waals surface area (Å²) in [6.45, 7) is 3.76. The number of thiophene rings is 1. The van der Waals surface area contributed by atoms with Crippen LogP contribution in [0, 0.1) is 0 Å². The maximum Gasteiger partial charge on any atom is 0.213 e. The molecule has 0 aromatic carbocycles. The highest BCUT2D eigenvalue weighted by Gasteiger charge is 2.34. The van der Waals surface area contributed by atoms with Crippen molar-refractivity contribution in [1.82, 2.24) is 14.9 Å². The molecule has 6 nitrogen and oxygen atoms in total. The van der Waals surface area contributed by atoms with Crippen LogP contribution in [-0.2, 0) is 15.4 Å². The zero-order chi connectivity index (χ0) is 19.8. The van der Waals surface area contributed by atoms with Gasteiger partial charge < -0.3 is 10.6 Å². The van der Waals surface area contributed by atoms with Crippen LogP contribution in [-0.4, -0.2) is 58.2 Å². The molecule has 2 N–H and O–H groups in total. The Morgan fingerprint density at radius 2 is 2.04 bits per heavy atom. The first kappa shape index (κ1) is 22.2. The van der Waals surface area contributed by atoms with Gasteiger partial charge in [-0.2, -0.15) is 0 Å². The summed E-state index contributed by atoms with van der Waals surface area (Å²) in [4.78, 5) is 5.80. The van der Waals surface area contributed by atoms with Crippen molar-refractivity contribution in [3.8, 4) is 0 Å². The number of guanidine groups is 1. The number of nitrogens with zero attached hydrogens (tertiary/aromatic N) is 2. The van der Waals surface area contributed by atoms with Crippen molar-refractivity contribution in [3.63, 3.8) is 0 Å². The number of rotatable bonds is 9. The highest BCUT2D eigenvalue weighted by atomic mass is 32.2. The van der Waals surface area contributed by atoms with E-state index < -0.39 is 10.0 Å². The van der Waals surface area contributed by atoms with Crippen LogP contribution in [0.4, 0.5) is 0 Å². The van der Waals surface area contributed by atoms with Gasteiger partial charge in [0.2, 0.25) is 10.0 Å². The Labute approximate surface area is 168 Å². The van der Waals surface area contributed by atoms with Gasteiger partial charge >= 0.3 is 0 Å². The van der Waals surface area contributed by atoms with Crippen molar-refractivity contribution < 1.29 is 8.42 Å². The van der Waals surface area contributed by atoms with Crippen LogP contribution in [0.1, 0.15) is 50.3 Å². The molecule has 1 heterocycles. The van der Waals surface area contributed by atoms with E-state index in [9.17, 15) is 8.42 Å². The van der Waals surface area contributed by atoms with Crippen LogP contribution >= 0.6 is 11.3 Å². The number of hydrogen-bond donors (Lipinski definition) is 2. The number of sulfonamides is 1. The molecule has 1 aliphatic rings. The van der Waals surface area contributed by atoms with Crippen molar-refractivity contribution in [2.24, 2.45) is 4.99 Å². The van der Waals surface area contributed by atoms with E-state index >= 15 is 0 Å². The fraction of sp³-hybridized carbons (Fsp3) is 0.737. The van der Waals surface area contributed by atoms with Gasteiger partial charge in [0.15, 0.2) is 5.96 Å². The number of hydrogen-bond acceptors (Lipinski definition) is 4. The van der Waals surface area contributed by atoms with E-state index in [1.807, 2.05) is 11.3 Å². The summed E-state index contributed by atoms with van der Waals surface area (Å²) in [5.74, 6) is 0.933. The van der Waals surface area contributed by atoms with E-state index in [0.29, 0.717) is 13.1 Å². The van der Waals surface area contributed by atoms with Gasteiger partial charge in [-0.25, -0.2) is 12.7 Å². The van der Waals surface area contributed by atoms with Gasteiger partial charge in [0.1, 0.15) is 0 Å². The van der Waals surface area contributed by atoms with E-state index in [2.05, 4.69) is 33.1 Å². The Bertz CT molecular complexity index is 681. The molecule has 0 aliphatic heterocycles. The topological polar surface area (TPSA) is 73.8 Å². The van der Waals surface area contributed by atoms with Gasteiger partial charge in [0, 0.05) is 44.0 Å². The fourth-order valence-corrected chi connectivity index (χ4v) is 5.50. The number of nitrogens with one attached hydrogen (secondary N) is 2. The van der Waals surface area contributed by atoms with Crippen molar-refractivity contribution in [2.75, 3.05) is 39.5 Å². The van der Waals surface area contributed by atoms with Gasteiger partial charge in [0.25, 0.3) is 0 Å². The highest BCUT2D eigenvalue weighted by molar-refractivity contribution is 7.89. The third-order valence-electron chi connectivity index (χ3n) is 5.45. The first-order valence-corrected chi connectivity index (χ1v) is 12.3. The summed E-state index contributed by atoms with van der Waals surface area (Å²) in [5, 5.41) is 8.99. The summed E-state index contributed by atoms with van der Waals surface area (Å²) >= 11 is 1.85. The van der Waals surface area contributed by atoms with E-state index in [0.717, 1.165) is 18.9 Å². The largest absolute Gasteiger partial charge is 0.356 e. The molecular formula is C19H34N4O2S2. The van der Waals surface area contributed by atoms with Crippen LogP contribution in [0.3, 0.4) is 0 Å². The summed E-state index contributed by atoms with van der Waals surface area (Å²) in [5.41, 5.74) is 0.208. The monoisotopic (exact) mass is 414 g/mol. The molecule has 8 heteroatoms. The van der Waals surface area contributed by atoms with E-state index in [1.165, 1.54) is 41.3 Å². The predicted octanol–water partition coefficient (Wildman–Crippen LogP) is 2.79. The van der Waals surface area contributed by atoms with E-state index in [4.69, 9.17) is 0 Å². The lowest BCUT2D eigenvalue weighted by atomic mass is 9.73. The normalized spacial score (nSPS) is 17.9. The molecule has 0 spiro atoms. The molecule has 154 valence electrons. The lowest BCUT2D eigenvalue weighted by molar-refractivity contribution is 0.296. The minimum atomic E-state index is -3.10. The molecule has 0 atom stereocenters. The molecule has 1 aromatic rings. The van der Waals surface area contributed by atoms with Gasteiger partial charge in [-0.05, 0) is 37.6 Å². The second kappa shape index (κ2) is 10.4. The quantitative estimate of drug-likeness (QED) is 0.370. The van der Waals surface area contributed by atoms with Crippen molar-refractivity contribution in [2.45, 2.75) is 50.9 Å². The third kappa shape index (κ3) is 6.19. The predicted molar refractivity (Wildman–Crippen MR) is 115 cm³/mol. The number of aliphatic imine (C=N–C) groups is 1. The lowest BCUT2D eigenvalue weighted by Crippen LogP contribution is -2.46. The summed E-state index contributed by atoms with van der Waals surface area (Å²) in [7, 11) is 0.316. The summed E-state index contributed by atoms with van der Waals surface area (Å²) < 4.78 is 25.0. The van der Waals surface area contributed by atoms with Crippen LogP contribution in [0.15, 0.2) is 22.5 Å². The first-order chi connectivity index (χ1) is 12.9. The molecule has 0 saturated heterocycles. The maximum absolute atomic E-state index is 11.8. The molecule has 1 aromatic heterocycles. The second-order valence-corrected chi connectivity index (χ2v) is 10.6. The van der Waals surface area contributed by atoms with Crippen LogP contribution in [0.5, 0.6) is 0 Å². The lowest BCUT2D eigenvalue weighted by Gasteiger charge is -2.37. The molecule has 0 amide bonds. The average molecular weight is 415 g/mol. The summed E-state index contributed by atoms with van der Waals surface area (Å²) in [6, 6.07) is 4.40. The third-order valence-corrected chi connectivity index (χ3v) is 8.43. The second-order valence-electron chi connectivity index (χ2n) is 7.25. The van der Waals surface area contributed by atoms with Crippen LogP contribution < -0.4 is 10.6 Å². The molecular weight excluding hydrogens is 380 g/mol. The Morgan fingerprint density at radius 3 is 2.63 bits per heavy atom. The molecule has 2 rings (SSSR count). The summed E-state index contributed by atoms with van der Waals surface area (Å²) in [6.07, 6.45) is 7.07. The molecule has 0 unspecified atom stereocenters. The van der Waals surface area contributed by atoms with E-state index in [1.54, 1.807) is 21.0 Å². The van der Waals surface area contributed by atoms with Gasteiger partial charge in [-0.15, -0.1) is 11.3 Å². The zero-order valence-corrected chi connectivity index (χ0v) is 18.5. The van der Waals surface area contributed by atoms with Gasteiger partial charge in [-0.3, -0.25) is 4.99 Å². The molecule has 0 bridgehead atoms. The maximum atomic E-state index is 11.8. The highest BCUT2D eigenvalue weighted by Crippen LogP contribution is 2.41. The standard InChI is InChI=1S/C19H34N4O2S2/c1-4-27(24,25)23(3)14-9-13-21-18(20-2)22-16-19(11-6-5-7-12-19)17-10-8-15-26-17/h8,10,15H,4-7,9,11-14,16H2,1-3H3,(H2,20,21,22). The van der Waals surface area contributed by atoms with E-state index in [-0.39, 0.29) is 11.2 Å². The minimum absolute atomic E-state index is 0.144. The fourth-order valence-electron chi connectivity index (χ4n) is 3.66. The first-order valence-electron chi connectivity index (χ1n) is 9.86. The molecule has 1 saturated carbocycles. The van der Waals surface area contributed by atoms with Gasteiger partial charge in [0.05, 0.1) is 5.75 Å². The van der Waals surface area contributed by atoms with Crippen LogP contribution in [0.2, 0.25) is 0 Å². The smallest absolute Gasteiger partial charge is 0.213 e. The molecule has 1 aliphatic carbocycles. The Morgan fingerprint density at radius 1 is 1.30 bits per heavy atom. The van der Waals surface area contributed by atoms with Gasteiger partial charge in [-0.1, -0.05) is 25.3 Å². The average Bonchev–Trinajstić information content (AvgIpc) is 3.23. The zero-order valence-electron chi connectivity index (χ0n) is 16.8. The Hall–Kier alpha value is -1.12. The molecule has 1 fully saturated rings. The van der Waals surface area contributed by atoms with Crippen LogP contribution in [0.25, 0.3) is 0 Å². The Kier molecular flexibility index (Phi) is 8.57.